The molecule has 1 amide bonds. The van der Waals surface area contributed by atoms with Crippen LogP contribution in [-0.2, 0) is 4.74 Å². The first-order chi connectivity index (χ1) is 10.8. The van der Waals surface area contributed by atoms with E-state index in [0.29, 0.717) is 13.1 Å². The third kappa shape index (κ3) is 3.58. The summed E-state index contributed by atoms with van der Waals surface area (Å²) in [6.07, 6.45) is -0.255. The first kappa shape index (κ1) is 16.1. The van der Waals surface area contributed by atoms with Crippen molar-refractivity contribution >= 4 is 33.2 Å². The fourth-order valence-corrected chi connectivity index (χ4v) is 3.68. The molecule has 1 aliphatic rings. The van der Waals surface area contributed by atoms with Crippen LogP contribution in [0.3, 0.4) is 0 Å². The lowest BCUT2D eigenvalue weighted by Crippen LogP contribution is -2.50. The van der Waals surface area contributed by atoms with Gasteiger partial charge in [-0.05, 0) is 39.0 Å². The third-order valence-electron chi connectivity index (χ3n) is 3.79. The van der Waals surface area contributed by atoms with Gasteiger partial charge in [0.1, 0.15) is 11.4 Å². The van der Waals surface area contributed by atoms with Gasteiger partial charge in [0.25, 0.3) is 0 Å². The standard InChI is InChI=1S/C17H21FN2O2S/c1-17(2,3)22-16(21)20-8-6-19(7-9-20)14-11-23-15-10-12(18)4-5-13(14)15/h4-5,10-11H,6-9H2,1-3H3. The summed E-state index contributed by atoms with van der Waals surface area (Å²) in [5.41, 5.74) is 0.649. The minimum Gasteiger partial charge on any atom is -0.444 e. The summed E-state index contributed by atoms with van der Waals surface area (Å²) >= 11 is 1.55. The molecule has 1 aliphatic heterocycles. The number of hydrogen-bond acceptors (Lipinski definition) is 4. The molecule has 2 heterocycles. The number of carbonyl (C=O) groups excluding carboxylic acids is 1. The summed E-state index contributed by atoms with van der Waals surface area (Å²) in [6.45, 7) is 8.39. The predicted octanol–water partition coefficient (Wildman–Crippen LogP) is 4.10. The minimum absolute atomic E-state index is 0.208. The molecular formula is C17H21FN2O2S. The lowest BCUT2D eigenvalue weighted by molar-refractivity contribution is 0.0241. The highest BCUT2D eigenvalue weighted by Crippen LogP contribution is 2.34. The highest BCUT2D eigenvalue weighted by molar-refractivity contribution is 7.17. The maximum atomic E-state index is 13.3. The van der Waals surface area contributed by atoms with Crippen molar-refractivity contribution in [1.29, 1.82) is 0 Å². The molecule has 0 radical (unpaired) electrons. The monoisotopic (exact) mass is 336 g/mol. The van der Waals surface area contributed by atoms with Crippen LogP contribution in [0, 0.1) is 5.82 Å². The van der Waals surface area contributed by atoms with Crippen molar-refractivity contribution in [3.8, 4) is 0 Å². The summed E-state index contributed by atoms with van der Waals surface area (Å²) in [6, 6.07) is 4.90. The van der Waals surface area contributed by atoms with Gasteiger partial charge in [-0.2, -0.15) is 0 Å². The SMILES string of the molecule is CC(C)(C)OC(=O)N1CCN(c2csc3cc(F)ccc23)CC1. The molecular weight excluding hydrogens is 315 g/mol. The number of ether oxygens (including phenoxy) is 1. The van der Waals surface area contributed by atoms with E-state index < -0.39 is 5.60 Å². The number of halogens is 1. The quantitative estimate of drug-likeness (QED) is 0.786. The van der Waals surface area contributed by atoms with Crippen LogP contribution in [0.5, 0.6) is 0 Å². The lowest BCUT2D eigenvalue weighted by atomic mass is 10.2. The number of hydrogen-bond donors (Lipinski definition) is 0. The molecule has 1 saturated heterocycles. The first-order valence-electron chi connectivity index (χ1n) is 7.73. The lowest BCUT2D eigenvalue weighted by Gasteiger charge is -2.36. The summed E-state index contributed by atoms with van der Waals surface area (Å²) in [7, 11) is 0. The smallest absolute Gasteiger partial charge is 0.410 e. The number of nitrogens with zero attached hydrogens (tertiary/aromatic N) is 2. The van der Waals surface area contributed by atoms with Crippen LogP contribution >= 0.6 is 11.3 Å². The van der Waals surface area contributed by atoms with E-state index in [1.54, 1.807) is 22.3 Å². The molecule has 0 spiro atoms. The van der Waals surface area contributed by atoms with Gasteiger partial charge in [0, 0.05) is 41.6 Å². The van der Waals surface area contributed by atoms with E-state index in [9.17, 15) is 9.18 Å². The van der Waals surface area contributed by atoms with Gasteiger partial charge in [-0.1, -0.05) is 0 Å². The number of carbonyl (C=O) groups is 1. The van der Waals surface area contributed by atoms with E-state index in [4.69, 9.17) is 4.74 Å². The molecule has 23 heavy (non-hydrogen) atoms. The van der Waals surface area contributed by atoms with Crippen molar-refractivity contribution in [2.75, 3.05) is 31.1 Å². The van der Waals surface area contributed by atoms with Crippen LogP contribution in [0.4, 0.5) is 14.9 Å². The van der Waals surface area contributed by atoms with Gasteiger partial charge in [-0.25, -0.2) is 9.18 Å². The van der Waals surface area contributed by atoms with Crippen LogP contribution in [0.1, 0.15) is 20.8 Å². The highest BCUT2D eigenvalue weighted by Gasteiger charge is 2.26. The Morgan fingerprint density at radius 3 is 2.57 bits per heavy atom. The molecule has 1 aromatic heterocycles. The Morgan fingerprint density at radius 2 is 1.91 bits per heavy atom. The van der Waals surface area contributed by atoms with Crippen molar-refractivity contribution < 1.29 is 13.9 Å². The molecule has 0 saturated carbocycles. The maximum Gasteiger partial charge on any atom is 0.410 e. The Morgan fingerprint density at radius 1 is 1.22 bits per heavy atom. The molecule has 6 heteroatoms. The Hall–Kier alpha value is -1.82. The second-order valence-corrected chi connectivity index (χ2v) is 7.63. The fraction of sp³-hybridized carbons (Fsp3) is 0.471. The summed E-state index contributed by atoms with van der Waals surface area (Å²) in [4.78, 5) is 16.1. The third-order valence-corrected chi connectivity index (χ3v) is 4.72. The van der Waals surface area contributed by atoms with Crippen molar-refractivity contribution in [1.82, 2.24) is 4.90 Å². The van der Waals surface area contributed by atoms with Crippen LogP contribution in [0.15, 0.2) is 23.6 Å². The molecule has 0 aliphatic carbocycles. The Bertz CT molecular complexity index is 715. The second-order valence-electron chi connectivity index (χ2n) is 6.72. The summed E-state index contributed by atoms with van der Waals surface area (Å²) < 4.78 is 19.7. The van der Waals surface area contributed by atoms with E-state index in [2.05, 4.69) is 10.3 Å². The number of amides is 1. The van der Waals surface area contributed by atoms with E-state index in [-0.39, 0.29) is 11.9 Å². The van der Waals surface area contributed by atoms with Gasteiger partial charge in [0.15, 0.2) is 0 Å². The molecule has 3 rings (SSSR count). The van der Waals surface area contributed by atoms with Gasteiger partial charge >= 0.3 is 6.09 Å². The van der Waals surface area contributed by atoms with E-state index in [0.717, 1.165) is 28.9 Å². The minimum atomic E-state index is -0.470. The average molecular weight is 336 g/mol. The topological polar surface area (TPSA) is 32.8 Å². The number of rotatable bonds is 1. The zero-order chi connectivity index (χ0) is 16.6. The number of fused-ring (bicyclic) bond motifs is 1. The van der Waals surface area contributed by atoms with Gasteiger partial charge < -0.3 is 14.5 Å². The van der Waals surface area contributed by atoms with Gasteiger partial charge in [-0.15, -0.1) is 11.3 Å². The Balaban J connectivity index is 1.67. The van der Waals surface area contributed by atoms with E-state index in [1.807, 2.05) is 26.8 Å². The van der Waals surface area contributed by atoms with E-state index in [1.165, 1.54) is 6.07 Å². The molecule has 124 valence electrons. The maximum absolute atomic E-state index is 13.3. The van der Waals surface area contributed by atoms with Crippen LogP contribution in [-0.4, -0.2) is 42.8 Å². The number of thiophene rings is 1. The van der Waals surface area contributed by atoms with Crippen LogP contribution in [0.25, 0.3) is 10.1 Å². The molecule has 0 N–H and O–H groups in total. The zero-order valence-electron chi connectivity index (χ0n) is 13.6. The van der Waals surface area contributed by atoms with Crippen molar-refractivity contribution in [2.45, 2.75) is 26.4 Å². The summed E-state index contributed by atoms with van der Waals surface area (Å²) in [5.74, 6) is -0.208. The van der Waals surface area contributed by atoms with Crippen molar-refractivity contribution in [3.05, 3.63) is 29.4 Å². The molecule has 1 aromatic carbocycles. The number of benzene rings is 1. The second kappa shape index (κ2) is 6.00. The highest BCUT2D eigenvalue weighted by atomic mass is 32.1. The molecule has 0 bridgehead atoms. The Kier molecular flexibility index (Phi) is 4.19. The molecule has 2 aromatic rings. The largest absolute Gasteiger partial charge is 0.444 e. The predicted molar refractivity (Wildman–Crippen MR) is 91.8 cm³/mol. The average Bonchev–Trinajstić information content (AvgIpc) is 2.88. The zero-order valence-corrected chi connectivity index (χ0v) is 14.5. The molecule has 1 fully saturated rings. The van der Waals surface area contributed by atoms with Gasteiger partial charge in [-0.3, -0.25) is 0 Å². The van der Waals surface area contributed by atoms with Crippen LogP contribution < -0.4 is 4.90 Å². The number of piperazine rings is 1. The van der Waals surface area contributed by atoms with Gasteiger partial charge in [0.05, 0.1) is 5.69 Å². The molecule has 4 nitrogen and oxygen atoms in total. The number of anilines is 1. The molecule has 0 atom stereocenters. The van der Waals surface area contributed by atoms with Gasteiger partial charge in [0.2, 0.25) is 0 Å². The normalized spacial score (nSPS) is 16.0. The fourth-order valence-electron chi connectivity index (χ4n) is 2.69. The first-order valence-corrected chi connectivity index (χ1v) is 8.61. The molecule has 0 unspecified atom stereocenters. The van der Waals surface area contributed by atoms with Crippen molar-refractivity contribution in [2.24, 2.45) is 0 Å². The Labute approximate surface area is 139 Å². The van der Waals surface area contributed by atoms with Crippen molar-refractivity contribution in [3.63, 3.8) is 0 Å². The van der Waals surface area contributed by atoms with E-state index >= 15 is 0 Å². The van der Waals surface area contributed by atoms with Crippen LogP contribution in [0.2, 0.25) is 0 Å². The summed E-state index contributed by atoms with van der Waals surface area (Å²) in [5, 5.41) is 3.13.